The number of aryl methyl sites for hydroxylation is 1. The molecule has 1 amide bonds. The first-order valence-electron chi connectivity index (χ1n) is 10.6. The average Bonchev–Trinajstić information content (AvgIpc) is 3.30. The van der Waals surface area contributed by atoms with E-state index in [1.165, 1.54) is 12.7 Å². The van der Waals surface area contributed by atoms with Gasteiger partial charge in [-0.05, 0) is 49.7 Å². The topological polar surface area (TPSA) is 116 Å². The molecule has 0 atom stereocenters. The van der Waals surface area contributed by atoms with Gasteiger partial charge in [-0.15, -0.1) is 0 Å². The number of benzene rings is 2. The van der Waals surface area contributed by atoms with E-state index in [-0.39, 0.29) is 0 Å². The van der Waals surface area contributed by atoms with E-state index >= 15 is 0 Å². The molecular weight excluding hydrogens is 434 g/mol. The Morgan fingerprint density at radius 2 is 1.94 bits per heavy atom. The van der Waals surface area contributed by atoms with Gasteiger partial charge in [-0.25, -0.2) is 19.5 Å². The number of hydrogen-bond donors (Lipinski definition) is 2. The Morgan fingerprint density at radius 1 is 1.03 bits per heavy atom. The van der Waals surface area contributed by atoms with Gasteiger partial charge in [0, 0.05) is 29.4 Å². The van der Waals surface area contributed by atoms with Gasteiger partial charge in [0.2, 0.25) is 6.41 Å². The first-order chi connectivity index (χ1) is 16.6. The van der Waals surface area contributed by atoms with Crippen LogP contribution in [0.4, 0.5) is 17.2 Å². The zero-order chi connectivity index (χ0) is 23.5. The molecule has 10 nitrogen and oxygen atoms in total. The van der Waals surface area contributed by atoms with E-state index in [1.807, 2.05) is 44.2 Å². The summed E-state index contributed by atoms with van der Waals surface area (Å²) in [5, 5.41) is 10.8. The Labute approximate surface area is 194 Å². The minimum absolute atomic E-state index is 0.468. The third-order valence-corrected chi connectivity index (χ3v) is 5.17. The van der Waals surface area contributed by atoms with Crippen molar-refractivity contribution < 1.29 is 14.3 Å². The number of nitrogens with zero attached hydrogens (tertiary/aromatic N) is 5. The largest absolute Gasteiger partial charge is 0.492 e. The number of rotatable bonds is 8. The van der Waals surface area contributed by atoms with Crippen molar-refractivity contribution in [2.45, 2.75) is 13.8 Å². The number of ether oxygens (including phenoxy) is 2. The molecular formula is C24H21N7O3. The van der Waals surface area contributed by atoms with Crippen LogP contribution in [0.1, 0.15) is 12.5 Å². The number of anilines is 3. The number of aromatic nitrogens is 5. The molecule has 0 radical (unpaired) electrons. The molecule has 2 N–H and O–H groups in total. The van der Waals surface area contributed by atoms with E-state index in [0.717, 1.165) is 22.4 Å². The predicted octanol–water partition coefficient (Wildman–Crippen LogP) is 4.48. The number of carbonyl (C=O) groups excluding carboxylic acids is 1. The van der Waals surface area contributed by atoms with Crippen LogP contribution < -0.4 is 20.1 Å². The predicted molar refractivity (Wildman–Crippen MR) is 128 cm³/mol. The summed E-state index contributed by atoms with van der Waals surface area (Å²) < 4.78 is 13.4. The van der Waals surface area contributed by atoms with Gasteiger partial charge in [0.05, 0.1) is 17.8 Å². The second-order valence-corrected chi connectivity index (χ2v) is 7.42. The molecule has 34 heavy (non-hydrogen) atoms. The lowest BCUT2D eigenvalue weighted by atomic mass is 10.1. The fourth-order valence-electron chi connectivity index (χ4n) is 3.60. The summed E-state index contributed by atoms with van der Waals surface area (Å²) in [5.74, 6) is 2.55. The van der Waals surface area contributed by atoms with Gasteiger partial charge in [-0.2, -0.15) is 5.10 Å². The molecule has 0 fully saturated rings. The van der Waals surface area contributed by atoms with Gasteiger partial charge >= 0.3 is 0 Å². The molecule has 3 heterocycles. The summed E-state index contributed by atoms with van der Waals surface area (Å²) in [5.41, 5.74) is 3.72. The summed E-state index contributed by atoms with van der Waals surface area (Å²) in [6.07, 6.45) is 5.40. The van der Waals surface area contributed by atoms with Crippen LogP contribution in [0.25, 0.3) is 16.6 Å². The Bertz CT molecular complexity index is 1500. The molecule has 0 spiro atoms. The maximum Gasteiger partial charge on any atom is 0.211 e. The van der Waals surface area contributed by atoms with Crippen molar-refractivity contribution in [2.75, 3.05) is 17.2 Å². The average molecular weight is 455 g/mol. The summed E-state index contributed by atoms with van der Waals surface area (Å²) in [7, 11) is 0. The van der Waals surface area contributed by atoms with E-state index in [0.29, 0.717) is 47.2 Å². The number of nitrogens with one attached hydrogen (secondary N) is 2. The Kier molecular flexibility index (Phi) is 5.61. The van der Waals surface area contributed by atoms with Crippen molar-refractivity contribution in [2.24, 2.45) is 0 Å². The van der Waals surface area contributed by atoms with Crippen LogP contribution in [0, 0.1) is 6.92 Å². The number of hydrogen-bond acceptors (Lipinski definition) is 8. The number of pyridine rings is 1. The van der Waals surface area contributed by atoms with Crippen LogP contribution >= 0.6 is 0 Å². The second-order valence-electron chi connectivity index (χ2n) is 7.42. The second kappa shape index (κ2) is 9.02. The van der Waals surface area contributed by atoms with Crippen LogP contribution in [0.2, 0.25) is 0 Å². The highest BCUT2D eigenvalue weighted by Crippen LogP contribution is 2.34. The minimum atomic E-state index is 0.468. The molecule has 0 aliphatic carbocycles. The van der Waals surface area contributed by atoms with Crippen LogP contribution in [0.3, 0.4) is 0 Å². The van der Waals surface area contributed by atoms with Crippen molar-refractivity contribution in [1.29, 1.82) is 0 Å². The number of carbonyl (C=O) groups is 1. The zero-order valence-electron chi connectivity index (χ0n) is 18.5. The molecule has 10 heteroatoms. The van der Waals surface area contributed by atoms with E-state index in [9.17, 15) is 4.79 Å². The number of amides is 1. The first-order valence-corrected chi connectivity index (χ1v) is 10.6. The normalized spacial score (nSPS) is 10.9. The fourth-order valence-corrected chi connectivity index (χ4v) is 3.60. The smallest absolute Gasteiger partial charge is 0.211 e. The van der Waals surface area contributed by atoms with Crippen molar-refractivity contribution in [3.8, 4) is 17.2 Å². The minimum Gasteiger partial charge on any atom is -0.492 e. The molecule has 0 aliphatic heterocycles. The van der Waals surface area contributed by atoms with E-state index in [2.05, 4.69) is 30.7 Å². The lowest BCUT2D eigenvalue weighted by molar-refractivity contribution is -0.105. The van der Waals surface area contributed by atoms with Crippen molar-refractivity contribution in [3.63, 3.8) is 0 Å². The Hall–Kier alpha value is -4.73. The summed E-state index contributed by atoms with van der Waals surface area (Å²) in [4.78, 5) is 24.0. The van der Waals surface area contributed by atoms with E-state index < -0.39 is 0 Å². The van der Waals surface area contributed by atoms with E-state index in [1.54, 1.807) is 22.8 Å². The third-order valence-electron chi connectivity index (χ3n) is 5.17. The molecule has 0 saturated carbocycles. The molecule has 5 aromatic rings. The first kappa shape index (κ1) is 21.1. The van der Waals surface area contributed by atoms with Gasteiger partial charge in [-0.3, -0.25) is 4.79 Å². The van der Waals surface area contributed by atoms with Crippen LogP contribution in [-0.4, -0.2) is 37.6 Å². The lowest BCUT2D eigenvalue weighted by Crippen LogP contribution is -2.02. The molecule has 0 aliphatic rings. The number of fused-ring (bicyclic) bond motifs is 2. The molecule has 0 unspecified atom stereocenters. The van der Waals surface area contributed by atoms with Gasteiger partial charge in [0.15, 0.2) is 5.65 Å². The molecule has 0 bridgehead atoms. The summed E-state index contributed by atoms with van der Waals surface area (Å²) in [6, 6.07) is 13.0. The highest BCUT2D eigenvalue weighted by Gasteiger charge is 2.12. The fraction of sp³-hybridized carbons (Fsp3) is 0.125. The molecule has 0 saturated heterocycles. The molecule has 2 aromatic carbocycles. The maximum absolute atomic E-state index is 11.1. The van der Waals surface area contributed by atoms with Gasteiger partial charge < -0.3 is 20.1 Å². The van der Waals surface area contributed by atoms with Gasteiger partial charge in [0.25, 0.3) is 0 Å². The van der Waals surface area contributed by atoms with Crippen molar-refractivity contribution in [1.82, 2.24) is 24.6 Å². The maximum atomic E-state index is 11.1. The highest BCUT2D eigenvalue weighted by molar-refractivity contribution is 5.96. The lowest BCUT2D eigenvalue weighted by Gasteiger charge is -2.14. The molecule has 5 rings (SSSR count). The van der Waals surface area contributed by atoms with Crippen LogP contribution in [-0.2, 0) is 4.79 Å². The standard InChI is InChI=1S/C24H21N7O3/c1-3-33-22-11-19-18(10-20(22)28-14-32)24(27-12-25-19)30-16-4-5-21(15(2)8-16)34-17-6-7-31-23(9-17)26-13-29-31/h4-14H,3H2,1-2H3,(H,28,32)(H,25,27,30). The summed E-state index contributed by atoms with van der Waals surface area (Å²) >= 11 is 0. The quantitative estimate of drug-likeness (QED) is 0.329. The van der Waals surface area contributed by atoms with Gasteiger partial charge in [0.1, 0.15) is 35.7 Å². The molecule has 170 valence electrons. The SMILES string of the molecule is CCOc1cc2ncnc(Nc3ccc(Oc4ccn5ncnc5c4)c(C)c3)c2cc1NC=O. The van der Waals surface area contributed by atoms with E-state index in [4.69, 9.17) is 9.47 Å². The van der Waals surface area contributed by atoms with Crippen molar-refractivity contribution >= 4 is 40.2 Å². The molecule has 3 aromatic heterocycles. The van der Waals surface area contributed by atoms with Gasteiger partial charge in [-0.1, -0.05) is 0 Å². The van der Waals surface area contributed by atoms with Crippen LogP contribution in [0.5, 0.6) is 17.2 Å². The Morgan fingerprint density at radius 3 is 2.76 bits per heavy atom. The zero-order valence-corrected chi connectivity index (χ0v) is 18.5. The third kappa shape index (κ3) is 4.16. The summed E-state index contributed by atoms with van der Waals surface area (Å²) in [6.45, 7) is 4.31. The Balaban J connectivity index is 1.42. The monoisotopic (exact) mass is 455 g/mol. The van der Waals surface area contributed by atoms with Crippen molar-refractivity contribution in [3.05, 3.63) is 66.9 Å². The van der Waals surface area contributed by atoms with Crippen LogP contribution in [0.15, 0.2) is 61.3 Å². The highest BCUT2D eigenvalue weighted by atomic mass is 16.5.